The first-order valence-electron chi connectivity index (χ1n) is 4.62. The Bertz CT molecular complexity index is 454. The maximum atomic E-state index is 13.1. The molecule has 16 heavy (non-hydrogen) atoms. The van der Waals surface area contributed by atoms with Gasteiger partial charge in [-0.05, 0) is 34.5 Å². The van der Waals surface area contributed by atoms with Gasteiger partial charge in [0.05, 0.1) is 13.0 Å². The number of benzene rings is 1. The smallest absolute Gasteiger partial charge is 0.310 e. The second kappa shape index (κ2) is 5.61. The van der Waals surface area contributed by atoms with Gasteiger partial charge in [-0.1, -0.05) is 6.07 Å². The van der Waals surface area contributed by atoms with Crippen molar-refractivity contribution in [3.63, 3.8) is 0 Å². The van der Waals surface area contributed by atoms with E-state index in [-0.39, 0.29) is 12.0 Å². The van der Waals surface area contributed by atoms with Crippen LogP contribution in [0.5, 0.6) is 0 Å². The van der Waals surface area contributed by atoms with Crippen LogP contribution < -0.4 is 0 Å². The molecule has 0 bridgehead atoms. The van der Waals surface area contributed by atoms with Crippen LogP contribution in [-0.2, 0) is 16.0 Å². The molecule has 0 saturated carbocycles. The highest BCUT2D eigenvalue weighted by molar-refractivity contribution is 9.10. The van der Waals surface area contributed by atoms with Crippen LogP contribution in [0.1, 0.15) is 18.1 Å². The zero-order valence-electron chi connectivity index (χ0n) is 8.59. The third-order valence-corrected chi connectivity index (χ3v) is 2.83. The lowest BCUT2D eigenvalue weighted by molar-refractivity contribution is -0.142. The van der Waals surface area contributed by atoms with Crippen molar-refractivity contribution >= 4 is 21.9 Å². The van der Waals surface area contributed by atoms with E-state index in [1.807, 2.05) is 0 Å². The van der Waals surface area contributed by atoms with Gasteiger partial charge in [0.2, 0.25) is 0 Å². The fourth-order valence-electron chi connectivity index (χ4n) is 1.20. The maximum absolute atomic E-state index is 13.1. The summed E-state index contributed by atoms with van der Waals surface area (Å²) in [6.45, 7) is 2.00. The molecule has 0 saturated heterocycles. The molecule has 84 valence electrons. The molecule has 3 nitrogen and oxygen atoms in total. The third-order valence-electron chi connectivity index (χ3n) is 1.92. The number of nitriles is 1. The Morgan fingerprint density at radius 3 is 2.88 bits per heavy atom. The number of hydrogen-bond donors (Lipinski definition) is 0. The van der Waals surface area contributed by atoms with Gasteiger partial charge in [-0.25, -0.2) is 4.39 Å². The van der Waals surface area contributed by atoms with E-state index in [1.54, 1.807) is 13.0 Å². The SMILES string of the molecule is CCOC(=O)Cc1ccc(F)c(C#N)c1Br. The lowest BCUT2D eigenvalue weighted by atomic mass is 10.1. The van der Waals surface area contributed by atoms with E-state index in [4.69, 9.17) is 10.00 Å². The Balaban J connectivity index is 2.99. The molecule has 0 aliphatic heterocycles. The molecule has 0 N–H and O–H groups in total. The molecular formula is C11H9BrFNO2. The number of halogens is 2. The number of rotatable bonds is 3. The Morgan fingerprint density at radius 1 is 1.62 bits per heavy atom. The molecule has 0 atom stereocenters. The van der Waals surface area contributed by atoms with Crippen molar-refractivity contribution in [3.8, 4) is 6.07 Å². The van der Waals surface area contributed by atoms with Crippen LogP contribution in [-0.4, -0.2) is 12.6 Å². The summed E-state index contributed by atoms with van der Waals surface area (Å²) in [5.41, 5.74) is 0.443. The molecule has 0 amide bonds. The van der Waals surface area contributed by atoms with Crippen molar-refractivity contribution in [2.24, 2.45) is 0 Å². The number of carbonyl (C=O) groups excluding carboxylic acids is 1. The Kier molecular flexibility index (Phi) is 4.44. The van der Waals surface area contributed by atoms with Crippen molar-refractivity contribution in [2.75, 3.05) is 6.61 Å². The van der Waals surface area contributed by atoms with Gasteiger partial charge >= 0.3 is 5.97 Å². The molecule has 0 spiro atoms. The highest BCUT2D eigenvalue weighted by Crippen LogP contribution is 2.24. The first kappa shape index (κ1) is 12.7. The lowest BCUT2D eigenvalue weighted by Crippen LogP contribution is -2.08. The summed E-state index contributed by atoms with van der Waals surface area (Å²) in [7, 11) is 0. The molecule has 1 aromatic rings. The molecule has 1 aromatic carbocycles. The highest BCUT2D eigenvalue weighted by Gasteiger charge is 2.13. The summed E-state index contributed by atoms with van der Waals surface area (Å²) in [5, 5.41) is 8.73. The van der Waals surface area contributed by atoms with Crippen LogP contribution >= 0.6 is 15.9 Å². The number of carbonyl (C=O) groups is 1. The number of esters is 1. The summed E-state index contributed by atoms with van der Waals surface area (Å²) in [6.07, 6.45) is 0.0172. The molecule has 0 radical (unpaired) electrons. The normalized spacial score (nSPS) is 9.62. The van der Waals surface area contributed by atoms with Crippen molar-refractivity contribution < 1.29 is 13.9 Å². The standard InChI is InChI=1S/C11H9BrFNO2/c1-2-16-10(15)5-7-3-4-9(13)8(6-14)11(7)12/h3-4H,2,5H2,1H3. The average Bonchev–Trinajstić information content (AvgIpc) is 2.23. The number of nitrogens with zero attached hydrogens (tertiary/aromatic N) is 1. The lowest BCUT2D eigenvalue weighted by Gasteiger charge is -2.06. The molecule has 1 rings (SSSR count). The minimum absolute atomic E-state index is 0.0172. The second-order valence-corrected chi connectivity index (χ2v) is 3.78. The van der Waals surface area contributed by atoms with Crippen LogP contribution in [0, 0.1) is 17.1 Å². The molecule has 0 heterocycles. The zero-order chi connectivity index (χ0) is 12.1. The van der Waals surface area contributed by atoms with Gasteiger partial charge < -0.3 is 4.74 Å². The van der Waals surface area contributed by atoms with E-state index in [1.165, 1.54) is 6.07 Å². The van der Waals surface area contributed by atoms with Crippen LogP contribution in [0.4, 0.5) is 4.39 Å². The van der Waals surface area contributed by atoms with Crippen molar-refractivity contribution in [1.82, 2.24) is 0 Å². The van der Waals surface area contributed by atoms with Gasteiger partial charge in [0.15, 0.2) is 0 Å². The average molecular weight is 286 g/mol. The predicted octanol–water partition coefficient (Wildman–Crippen LogP) is 2.57. The zero-order valence-corrected chi connectivity index (χ0v) is 10.2. The van der Waals surface area contributed by atoms with Crippen LogP contribution in [0.25, 0.3) is 0 Å². The first-order valence-corrected chi connectivity index (χ1v) is 5.42. The summed E-state index contributed by atoms with van der Waals surface area (Å²) in [5.74, 6) is -1.01. The van der Waals surface area contributed by atoms with Crippen LogP contribution in [0.2, 0.25) is 0 Å². The monoisotopic (exact) mass is 285 g/mol. The molecule has 0 fully saturated rings. The summed E-state index contributed by atoms with van der Waals surface area (Å²) < 4.78 is 18.2. The molecule has 0 aromatic heterocycles. The number of ether oxygens (including phenoxy) is 1. The van der Waals surface area contributed by atoms with Gasteiger partial charge in [-0.15, -0.1) is 0 Å². The Hall–Kier alpha value is -1.41. The second-order valence-electron chi connectivity index (χ2n) is 2.99. The minimum Gasteiger partial charge on any atom is -0.466 e. The van der Waals surface area contributed by atoms with Crippen molar-refractivity contribution in [3.05, 3.63) is 33.5 Å². The fraction of sp³-hybridized carbons (Fsp3) is 0.273. The maximum Gasteiger partial charge on any atom is 0.310 e. The van der Waals surface area contributed by atoms with E-state index in [0.717, 1.165) is 6.07 Å². The Labute approximate surface area is 101 Å². The van der Waals surface area contributed by atoms with Gasteiger partial charge in [0.25, 0.3) is 0 Å². The predicted molar refractivity (Wildman–Crippen MR) is 59.2 cm³/mol. The topological polar surface area (TPSA) is 50.1 Å². The molecule has 0 aliphatic carbocycles. The van der Waals surface area contributed by atoms with Gasteiger partial charge in [-0.3, -0.25) is 4.79 Å². The summed E-state index contributed by atoms with van der Waals surface area (Å²) >= 11 is 3.10. The van der Waals surface area contributed by atoms with Crippen molar-refractivity contribution in [1.29, 1.82) is 5.26 Å². The number of hydrogen-bond acceptors (Lipinski definition) is 3. The Morgan fingerprint density at radius 2 is 2.31 bits per heavy atom. The fourth-order valence-corrected chi connectivity index (χ4v) is 1.75. The molecule has 5 heteroatoms. The third kappa shape index (κ3) is 2.80. The molecular weight excluding hydrogens is 277 g/mol. The largest absolute Gasteiger partial charge is 0.466 e. The van der Waals surface area contributed by atoms with Gasteiger partial charge in [0.1, 0.15) is 17.4 Å². The minimum atomic E-state index is -0.609. The summed E-state index contributed by atoms with van der Waals surface area (Å²) in [6, 6.07) is 4.36. The van der Waals surface area contributed by atoms with Gasteiger partial charge in [0, 0.05) is 4.47 Å². The van der Waals surface area contributed by atoms with Crippen molar-refractivity contribution in [2.45, 2.75) is 13.3 Å². The van der Waals surface area contributed by atoms with E-state index in [2.05, 4.69) is 15.9 Å². The molecule has 0 aliphatic rings. The van der Waals surface area contributed by atoms with Gasteiger partial charge in [-0.2, -0.15) is 5.26 Å². The van der Waals surface area contributed by atoms with E-state index in [0.29, 0.717) is 16.6 Å². The van der Waals surface area contributed by atoms with Crippen LogP contribution in [0.15, 0.2) is 16.6 Å². The quantitative estimate of drug-likeness (QED) is 0.802. The van der Waals surface area contributed by atoms with E-state index >= 15 is 0 Å². The highest BCUT2D eigenvalue weighted by atomic mass is 79.9. The summed E-state index contributed by atoms with van der Waals surface area (Å²) in [4.78, 5) is 11.2. The van der Waals surface area contributed by atoms with E-state index in [9.17, 15) is 9.18 Å². The first-order chi connectivity index (χ1) is 7.60. The van der Waals surface area contributed by atoms with Crippen LogP contribution in [0.3, 0.4) is 0 Å². The van der Waals surface area contributed by atoms with E-state index < -0.39 is 11.8 Å². The molecule has 0 unspecified atom stereocenters.